The molecular weight excluding hydrogens is 234 g/mol. The molecule has 2 aliphatic rings. The van der Waals surface area contributed by atoms with E-state index in [0.717, 1.165) is 5.56 Å². The van der Waals surface area contributed by atoms with Crippen molar-refractivity contribution in [2.75, 3.05) is 0 Å². The van der Waals surface area contributed by atoms with E-state index in [4.69, 9.17) is 15.3 Å². The molecule has 0 bridgehead atoms. The number of amidine groups is 1. The topological polar surface area (TPSA) is 86.3 Å². The van der Waals surface area contributed by atoms with Crippen molar-refractivity contribution >= 4 is 17.6 Å². The summed E-state index contributed by atoms with van der Waals surface area (Å²) in [6.07, 6.45) is -0.676. The van der Waals surface area contributed by atoms with Gasteiger partial charge in [-0.2, -0.15) is 4.99 Å². The second-order valence-electron chi connectivity index (χ2n) is 4.29. The van der Waals surface area contributed by atoms with Crippen LogP contribution in [0.15, 0.2) is 40.5 Å². The highest BCUT2D eigenvalue weighted by Gasteiger charge is 2.55. The maximum atomic E-state index is 11.4. The minimum atomic E-state index is -1.30. The Morgan fingerprint density at radius 3 is 2.78 bits per heavy atom. The first kappa shape index (κ1) is 10.8. The van der Waals surface area contributed by atoms with Gasteiger partial charge >= 0.3 is 0 Å². The molecule has 2 aliphatic heterocycles. The number of fused-ring (bicyclic) bond motifs is 1. The fraction of sp³-hybridized carbons (Fsp3) is 0.250. The van der Waals surface area contributed by atoms with Crippen molar-refractivity contribution in [3.05, 3.63) is 35.9 Å². The van der Waals surface area contributed by atoms with Crippen molar-refractivity contribution < 1.29 is 14.4 Å². The molecule has 0 unspecified atom stereocenters. The van der Waals surface area contributed by atoms with Gasteiger partial charge in [0.1, 0.15) is 0 Å². The smallest absolute Gasteiger partial charge is 0.268 e. The minimum absolute atomic E-state index is 0.343. The number of rotatable bonds is 2. The summed E-state index contributed by atoms with van der Waals surface area (Å²) in [5, 5.41) is 3.75. The van der Waals surface area contributed by atoms with Crippen molar-refractivity contribution in [2.24, 2.45) is 15.9 Å². The van der Waals surface area contributed by atoms with E-state index in [0.29, 0.717) is 11.7 Å². The van der Waals surface area contributed by atoms with Gasteiger partial charge in [-0.05, 0) is 19.1 Å². The number of hydrogen-bond donors (Lipinski definition) is 1. The molecule has 3 rings (SSSR count). The molecule has 0 radical (unpaired) electrons. The molecule has 18 heavy (non-hydrogen) atoms. The van der Waals surface area contributed by atoms with E-state index in [9.17, 15) is 4.79 Å². The fourth-order valence-electron chi connectivity index (χ4n) is 1.86. The van der Waals surface area contributed by atoms with Gasteiger partial charge in [-0.15, -0.1) is 0 Å². The van der Waals surface area contributed by atoms with Gasteiger partial charge in [0.2, 0.25) is 17.8 Å². The second-order valence-corrected chi connectivity index (χ2v) is 4.29. The molecule has 6 nitrogen and oxygen atoms in total. The summed E-state index contributed by atoms with van der Waals surface area (Å²) in [6.45, 7) is 1.54. The molecule has 0 saturated carbocycles. The fourth-order valence-corrected chi connectivity index (χ4v) is 1.86. The molecule has 0 fully saturated rings. The molecule has 1 aromatic carbocycles. The maximum absolute atomic E-state index is 11.4. The molecule has 0 aliphatic carbocycles. The number of amides is 1. The average molecular weight is 245 g/mol. The Morgan fingerprint density at radius 2 is 2.11 bits per heavy atom. The lowest BCUT2D eigenvalue weighted by atomic mass is 9.98. The lowest BCUT2D eigenvalue weighted by Gasteiger charge is -2.22. The number of benzene rings is 1. The number of carbonyl (C=O) groups is 1. The number of carbonyl (C=O) groups excluding carboxylic acids is 1. The van der Waals surface area contributed by atoms with Gasteiger partial charge in [0, 0.05) is 5.56 Å². The Kier molecular flexibility index (Phi) is 2.13. The van der Waals surface area contributed by atoms with Gasteiger partial charge in [-0.25, -0.2) is 0 Å². The standard InChI is InChI=1S/C12H11N3O3/c1-12(11(13)16)8-9(15-18-12)14-10(17-8)7-5-3-2-4-6-7/h2-6,8H,1H3,(H2,13,16)/t8-,12-/m0/s1. The van der Waals surface area contributed by atoms with Crippen LogP contribution < -0.4 is 5.73 Å². The number of aliphatic imine (C=N–C) groups is 1. The van der Waals surface area contributed by atoms with Crippen molar-refractivity contribution in [2.45, 2.75) is 18.6 Å². The van der Waals surface area contributed by atoms with E-state index in [1.807, 2.05) is 30.3 Å². The maximum Gasteiger partial charge on any atom is 0.268 e. The molecule has 92 valence electrons. The average Bonchev–Trinajstić information content (AvgIpc) is 2.92. The predicted molar refractivity (Wildman–Crippen MR) is 64.0 cm³/mol. The largest absolute Gasteiger partial charge is 0.460 e. The highest BCUT2D eigenvalue weighted by molar-refractivity contribution is 6.12. The normalized spacial score (nSPS) is 28.8. The van der Waals surface area contributed by atoms with E-state index in [-0.39, 0.29) is 0 Å². The third-order valence-corrected chi connectivity index (χ3v) is 3.02. The van der Waals surface area contributed by atoms with Crippen molar-refractivity contribution in [3.63, 3.8) is 0 Å². The van der Waals surface area contributed by atoms with Crippen molar-refractivity contribution in [3.8, 4) is 0 Å². The molecular formula is C12H11N3O3. The van der Waals surface area contributed by atoms with Gasteiger partial charge in [0.25, 0.3) is 11.5 Å². The van der Waals surface area contributed by atoms with Crippen LogP contribution in [0.4, 0.5) is 0 Å². The summed E-state index contributed by atoms with van der Waals surface area (Å²) in [7, 11) is 0. The number of nitrogens with zero attached hydrogens (tertiary/aromatic N) is 2. The summed E-state index contributed by atoms with van der Waals surface area (Å²) in [6, 6.07) is 9.38. The zero-order valence-electron chi connectivity index (χ0n) is 9.66. The van der Waals surface area contributed by atoms with E-state index in [1.165, 1.54) is 0 Å². The monoisotopic (exact) mass is 245 g/mol. The molecule has 6 heteroatoms. The zero-order chi connectivity index (χ0) is 12.8. The third-order valence-electron chi connectivity index (χ3n) is 3.02. The highest BCUT2D eigenvalue weighted by atomic mass is 16.7. The van der Waals surface area contributed by atoms with Crippen LogP contribution in [-0.4, -0.2) is 29.3 Å². The SMILES string of the molecule is C[C@]1(C(N)=O)ON=C2N=C(c3ccccc3)O[C@@H]21. The zero-order valence-corrected chi connectivity index (χ0v) is 9.66. The predicted octanol–water partition coefficient (Wildman–Crippen LogP) is 0.420. The number of nitrogens with two attached hydrogens (primary N) is 1. The summed E-state index contributed by atoms with van der Waals surface area (Å²) < 4.78 is 5.64. The Labute approximate surface area is 103 Å². The first-order valence-electron chi connectivity index (χ1n) is 5.48. The van der Waals surface area contributed by atoms with E-state index in [1.54, 1.807) is 6.92 Å². The number of ether oxygens (including phenoxy) is 1. The highest BCUT2D eigenvalue weighted by Crippen LogP contribution is 2.31. The molecule has 2 atom stereocenters. The second kappa shape index (κ2) is 3.56. The Hall–Kier alpha value is -2.37. The molecule has 2 heterocycles. The van der Waals surface area contributed by atoms with Crippen LogP contribution in [0.25, 0.3) is 0 Å². The molecule has 2 N–H and O–H groups in total. The Bertz CT molecular complexity index is 567. The first-order valence-corrected chi connectivity index (χ1v) is 5.48. The van der Waals surface area contributed by atoms with E-state index >= 15 is 0 Å². The molecule has 0 saturated heterocycles. The van der Waals surface area contributed by atoms with Crippen LogP contribution in [0.1, 0.15) is 12.5 Å². The van der Waals surface area contributed by atoms with Gasteiger partial charge in [-0.1, -0.05) is 23.4 Å². The van der Waals surface area contributed by atoms with Gasteiger partial charge in [0.15, 0.2) is 0 Å². The van der Waals surface area contributed by atoms with E-state index in [2.05, 4.69) is 10.1 Å². The van der Waals surface area contributed by atoms with Crippen LogP contribution >= 0.6 is 0 Å². The van der Waals surface area contributed by atoms with Gasteiger partial charge in [-0.3, -0.25) is 4.79 Å². The summed E-state index contributed by atoms with van der Waals surface area (Å²) in [4.78, 5) is 20.6. The van der Waals surface area contributed by atoms with Crippen LogP contribution in [0.2, 0.25) is 0 Å². The quantitative estimate of drug-likeness (QED) is 0.819. The van der Waals surface area contributed by atoms with Gasteiger partial charge in [0.05, 0.1) is 0 Å². The minimum Gasteiger partial charge on any atom is -0.460 e. The summed E-state index contributed by atoms with van der Waals surface area (Å²) in [5.74, 6) is 0.140. The first-order chi connectivity index (χ1) is 8.61. The van der Waals surface area contributed by atoms with Crippen molar-refractivity contribution in [1.29, 1.82) is 0 Å². The Morgan fingerprint density at radius 1 is 1.39 bits per heavy atom. The van der Waals surface area contributed by atoms with Crippen LogP contribution in [0, 0.1) is 0 Å². The van der Waals surface area contributed by atoms with Crippen LogP contribution in [-0.2, 0) is 14.4 Å². The van der Waals surface area contributed by atoms with Crippen molar-refractivity contribution in [1.82, 2.24) is 0 Å². The summed E-state index contributed by atoms with van der Waals surface area (Å²) in [5.41, 5.74) is 4.83. The number of hydrogen-bond acceptors (Lipinski definition) is 5. The summed E-state index contributed by atoms with van der Waals surface area (Å²) >= 11 is 0. The third kappa shape index (κ3) is 1.38. The molecule has 0 aromatic heterocycles. The van der Waals surface area contributed by atoms with E-state index < -0.39 is 17.6 Å². The van der Waals surface area contributed by atoms with Crippen LogP contribution in [0.3, 0.4) is 0 Å². The molecule has 1 amide bonds. The molecule has 1 aromatic rings. The lowest BCUT2D eigenvalue weighted by Crippen LogP contribution is -2.51. The lowest BCUT2D eigenvalue weighted by molar-refractivity contribution is -0.145. The van der Waals surface area contributed by atoms with Crippen LogP contribution in [0.5, 0.6) is 0 Å². The molecule has 0 spiro atoms. The van der Waals surface area contributed by atoms with Gasteiger partial charge < -0.3 is 15.3 Å². The Balaban J connectivity index is 1.92. The number of primary amides is 1. The number of oxime groups is 1.